The first kappa shape index (κ1) is 24.4. The number of benzene rings is 2. The summed E-state index contributed by atoms with van der Waals surface area (Å²) in [5, 5.41) is 0.895. The van der Waals surface area contributed by atoms with Gasteiger partial charge in [-0.1, -0.05) is 40.6 Å². The van der Waals surface area contributed by atoms with Crippen molar-refractivity contribution in [1.82, 2.24) is 9.88 Å². The summed E-state index contributed by atoms with van der Waals surface area (Å²) in [6.45, 7) is 2.95. The normalized spacial score (nSPS) is 11.8. The van der Waals surface area contributed by atoms with Crippen LogP contribution >= 0.6 is 22.9 Å². The Kier molecular flexibility index (Phi) is 7.76. The number of carbonyl (C=O) groups excluding carboxylic acids is 1. The number of ether oxygens (including phenoxy) is 1. The van der Waals surface area contributed by atoms with E-state index in [1.54, 1.807) is 24.3 Å². The van der Waals surface area contributed by atoms with E-state index in [0.717, 1.165) is 12.1 Å². The number of halogens is 1. The van der Waals surface area contributed by atoms with Gasteiger partial charge in [0.15, 0.2) is 15.0 Å². The molecule has 1 heterocycles. The number of amides is 1. The van der Waals surface area contributed by atoms with Gasteiger partial charge in [0.1, 0.15) is 17.0 Å². The standard InChI is InChI=1S/C22H26ClN3O4S2/c1-15-6-8-16(9-7-15)32(28,29)14-19(27)26(13-5-12-25(2)3)22-24-20-18(30-4)11-10-17(23)21(20)31-22/h6-11H,5,12-14H2,1-4H3. The number of sulfone groups is 1. The first-order valence-corrected chi connectivity index (χ1v) is 12.8. The van der Waals surface area contributed by atoms with Crippen LogP contribution in [-0.4, -0.2) is 64.3 Å². The maximum absolute atomic E-state index is 13.2. The number of aromatic nitrogens is 1. The Morgan fingerprint density at radius 1 is 1.12 bits per heavy atom. The van der Waals surface area contributed by atoms with Gasteiger partial charge in [0.2, 0.25) is 5.91 Å². The summed E-state index contributed by atoms with van der Waals surface area (Å²) in [4.78, 5) is 21.4. The van der Waals surface area contributed by atoms with Crippen LogP contribution in [0.15, 0.2) is 41.3 Å². The fraction of sp³-hybridized carbons (Fsp3) is 0.364. The van der Waals surface area contributed by atoms with Crippen LogP contribution in [0.25, 0.3) is 10.2 Å². The summed E-state index contributed by atoms with van der Waals surface area (Å²) in [5.41, 5.74) is 1.49. The van der Waals surface area contributed by atoms with Gasteiger partial charge in [-0.3, -0.25) is 9.69 Å². The van der Waals surface area contributed by atoms with E-state index in [0.29, 0.717) is 39.1 Å². The second kappa shape index (κ2) is 10.2. The highest BCUT2D eigenvalue weighted by Crippen LogP contribution is 2.38. The summed E-state index contributed by atoms with van der Waals surface area (Å²) in [7, 11) is 1.62. The molecule has 0 bridgehead atoms. The smallest absolute Gasteiger partial charge is 0.244 e. The monoisotopic (exact) mass is 495 g/mol. The van der Waals surface area contributed by atoms with Gasteiger partial charge >= 0.3 is 0 Å². The summed E-state index contributed by atoms with van der Waals surface area (Å²) in [6, 6.07) is 9.91. The van der Waals surface area contributed by atoms with Crippen LogP contribution in [0.2, 0.25) is 5.02 Å². The molecule has 1 amide bonds. The molecule has 0 aliphatic carbocycles. The minimum atomic E-state index is -3.80. The van der Waals surface area contributed by atoms with Crippen LogP contribution in [0.5, 0.6) is 5.75 Å². The lowest BCUT2D eigenvalue weighted by molar-refractivity contribution is -0.116. The second-order valence-corrected chi connectivity index (χ2v) is 11.1. The van der Waals surface area contributed by atoms with E-state index in [4.69, 9.17) is 16.3 Å². The Balaban J connectivity index is 1.95. The van der Waals surface area contributed by atoms with E-state index >= 15 is 0 Å². The number of hydrogen-bond acceptors (Lipinski definition) is 7. The molecular formula is C22H26ClN3O4S2. The molecule has 3 rings (SSSR count). The van der Waals surface area contributed by atoms with E-state index in [1.165, 1.54) is 35.5 Å². The molecule has 0 aliphatic rings. The van der Waals surface area contributed by atoms with Gasteiger partial charge in [-0.05, 0) is 58.3 Å². The van der Waals surface area contributed by atoms with Gasteiger partial charge in [0.25, 0.3) is 0 Å². The molecule has 10 heteroatoms. The van der Waals surface area contributed by atoms with Crippen LogP contribution < -0.4 is 9.64 Å². The zero-order valence-corrected chi connectivity index (χ0v) is 20.9. The fourth-order valence-corrected chi connectivity index (χ4v) is 5.66. The number of rotatable bonds is 9. The molecule has 0 saturated heterocycles. The van der Waals surface area contributed by atoms with Gasteiger partial charge in [-0.25, -0.2) is 13.4 Å². The number of hydrogen-bond donors (Lipinski definition) is 0. The highest BCUT2D eigenvalue weighted by atomic mass is 35.5. The largest absolute Gasteiger partial charge is 0.494 e. The van der Waals surface area contributed by atoms with Crippen molar-refractivity contribution in [3.63, 3.8) is 0 Å². The van der Waals surface area contributed by atoms with Crippen molar-refractivity contribution in [3.05, 3.63) is 47.0 Å². The zero-order valence-electron chi connectivity index (χ0n) is 18.5. The van der Waals surface area contributed by atoms with Crippen molar-refractivity contribution in [2.45, 2.75) is 18.2 Å². The maximum Gasteiger partial charge on any atom is 0.244 e. The predicted molar refractivity (Wildman–Crippen MR) is 130 cm³/mol. The molecular weight excluding hydrogens is 470 g/mol. The SMILES string of the molecule is COc1ccc(Cl)c2sc(N(CCCN(C)C)C(=O)CS(=O)(=O)c3ccc(C)cc3)nc12. The molecule has 0 aliphatic heterocycles. The number of thiazole rings is 1. The molecule has 32 heavy (non-hydrogen) atoms. The van der Waals surface area contributed by atoms with E-state index in [2.05, 4.69) is 4.98 Å². The number of carbonyl (C=O) groups is 1. The van der Waals surface area contributed by atoms with Crippen LogP contribution in [0.3, 0.4) is 0 Å². The highest BCUT2D eigenvalue weighted by Gasteiger charge is 2.27. The molecule has 0 atom stereocenters. The van der Waals surface area contributed by atoms with E-state index in [1.807, 2.05) is 25.9 Å². The van der Waals surface area contributed by atoms with Gasteiger partial charge in [0, 0.05) is 6.54 Å². The van der Waals surface area contributed by atoms with Crippen molar-refractivity contribution >= 4 is 54.0 Å². The molecule has 0 saturated carbocycles. The summed E-state index contributed by atoms with van der Waals surface area (Å²) < 4.78 is 31.8. The summed E-state index contributed by atoms with van der Waals surface area (Å²) in [5.74, 6) is -0.628. The van der Waals surface area contributed by atoms with E-state index in [-0.39, 0.29) is 4.90 Å². The summed E-state index contributed by atoms with van der Waals surface area (Å²) in [6.07, 6.45) is 0.657. The predicted octanol–water partition coefficient (Wildman–Crippen LogP) is 4.03. The van der Waals surface area contributed by atoms with Gasteiger partial charge < -0.3 is 9.64 Å². The Morgan fingerprint density at radius 3 is 2.44 bits per heavy atom. The molecule has 2 aromatic carbocycles. The van der Waals surface area contributed by atoms with Crippen LogP contribution in [0.1, 0.15) is 12.0 Å². The lowest BCUT2D eigenvalue weighted by Gasteiger charge is -2.21. The number of fused-ring (bicyclic) bond motifs is 1. The summed E-state index contributed by atoms with van der Waals surface area (Å²) >= 11 is 7.58. The fourth-order valence-electron chi connectivity index (χ4n) is 3.16. The van der Waals surface area contributed by atoms with Crippen molar-refractivity contribution in [1.29, 1.82) is 0 Å². The van der Waals surface area contributed by atoms with Gasteiger partial charge in [-0.2, -0.15) is 0 Å². The van der Waals surface area contributed by atoms with Crippen molar-refractivity contribution in [3.8, 4) is 5.75 Å². The van der Waals surface area contributed by atoms with E-state index < -0.39 is 21.5 Å². The number of aryl methyl sites for hydroxylation is 1. The Morgan fingerprint density at radius 2 is 1.81 bits per heavy atom. The van der Waals surface area contributed by atoms with Crippen molar-refractivity contribution < 1.29 is 17.9 Å². The molecule has 172 valence electrons. The first-order valence-electron chi connectivity index (χ1n) is 10.00. The second-order valence-electron chi connectivity index (χ2n) is 7.70. The van der Waals surface area contributed by atoms with Gasteiger partial charge in [-0.15, -0.1) is 0 Å². The van der Waals surface area contributed by atoms with E-state index in [9.17, 15) is 13.2 Å². The minimum Gasteiger partial charge on any atom is -0.494 e. The third-order valence-corrected chi connectivity index (χ3v) is 8.04. The molecule has 1 aromatic heterocycles. The third kappa shape index (κ3) is 5.58. The highest BCUT2D eigenvalue weighted by molar-refractivity contribution is 7.92. The maximum atomic E-state index is 13.2. The zero-order chi connectivity index (χ0) is 23.5. The number of methoxy groups -OCH3 is 1. The van der Waals surface area contributed by atoms with Crippen molar-refractivity contribution in [2.24, 2.45) is 0 Å². The van der Waals surface area contributed by atoms with Crippen molar-refractivity contribution in [2.75, 3.05) is 44.9 Å². The average molecular weight is 496 g/mol. The Hall–Kier alpha value is -2.20. The van der Waals surface area contributed by atoms with Crippen LogP contribution in [0.4, 0.5) is 5.13 Å². The quantitative estimate of drug-likeness (QED) is 0.446. The van der Waals surface area contributed by atoms with Gasteiger partial charge in [0.05, 0.1) is 21.7 Å². The lowest BCUT2D eigenvalue weighted by Crippen LogP contribution is -2.37. The average Bonchev–Trinajstić information content (AvgIpc) is 3.17. The molecule has 3 aromatic rings. The molecule has 7 nitrogen and oxygen atoms in total. The van der Waals surface area contributed by atoms with Crippen LogP contribution in [-0.2, 0) is 14.6 Å². The Bertz CT molecular complexity index is 1210. The first-order chi connectivity index (χ1) is 15.1. The molecule has 0 fully saturated rings. The van der Waals surface area contributed by atoms with Crippen LogP contribution in [0, 0.1) is 6.92 Å². The molecule has 0 N–H and O–H groups in total. The number of anilines is 1. The minimum absolute atomic E-state index is 0.124. The topological polar surface area (TPSA) is 79.8 Å². The molecule has 0 unspecified atom stereocenters. The molecule has 0 spiro atoms. The Labute approximate surface area is 197 Å². The third-order valence-electron chi connectivity index (χ3n) is 4.88. The molecule has 0 radical (unpaired) electrons. The lowest BCUT2D eigenvalue weighted by atomic mass is 10.2. The number of nitrogens with zero attached hydrogens (tertiary/aromatic N) is 3.